The van der Waals surface area contributed by atoms with Crippen LogP contribution in [0.4, 0.5) is 20.2 Å². The van der Waals surface area contributed by atoms with Gasteiger partial charge in [0.05, 0.1) is 29.8 Å². The number of nitro groups is 1. The molecule has 0 aliphatic carbocycles. The normalized spacial score (nSPS) is 20.7. The first-order valence-electron chi connectivity index (χ1n) is 9.75. The summed E-state index contributed by atoms with van der Waals surface area (Å²) in [6.45, 7) is 4.46. The van der Waals surface area contributed by atoms with Crippen molar-refractivity contribution >= 4 is 11.4 Å². The minimum absolute atomic E-state index is 0.0347. The van der Waals surface area contributed by atoms with Crippen LogP contribution in [-0.2, 0) is 11.3 Å². The third-order valence-corrected chi connectivity index (χ3v) is 5.15. The summed E-state index contributed by atoms with van der Waals surface area (Å²) in [5.74, 6) is -1.35. The Hall–Kier alpha value is -2.62. The van der Waals surface area contributed by atoms with Gasteiger partial charge in [-0.25, -0.2) is 8.78 Å². The highest BCUT2D eigenvalue weighted by Gasteiger charge is 2.32. The van der Waals surface area contributed by atoms with E-state index in [2.05, 4.69) is 5.32 Å². The molecule has 2 aromatic carbocycles. The number of nitrogens with zero attached hydrogens (tertiary/aromatic N) is 2. The number of nitrogens with one attached hydrogen (secondary N) is 1. The second-order valence-corrected chi connectivity index (χ2v) is 7.51. The first-order valence-corrected chi connectivity index (χ1v) is 9.75. The summed E-state index contributed by atoms with van der Waals surface area (Å²) in [5.41, 5.74) is 0.406. The fourth-order valence-electron chi connectivity index (χ4n) is 3.90. The van der Waals surface area contributed by atoms with Crippen molar-refractivity contribution < 1.29 is 23.5 Å². The van der Waals surface area contributed by atoms with Gasteiger partial charge < -0.3 is 15.2 Å². The Kier molecular flexibility index (Phi) is 6.96. The molecule has 0 bridgehead atoms. The second-order valence-electron chi connectivity index (χ2n) is 7.51. The predicted molar refractivity (Wildman–Crippen MR) is 108 cm³/mol. The molecule has 0 spiro atoms. The third kappa shape index (κ3) is 4.92. The fourth-order valence-corrected chi connectivity index (χ4v) is 3.90. The summed E-state index contributed by atoms with van der Waals surface area (Å²) in [4.78, 5) is 12.8. The quantitative estimate of drug-likeness (QED) is 0.524. The van der Waals surface area contributed by atoms with Gasteiger partial charge >= 0.3 is 0 Å². The average molecular weight is 421 g/mol. The summed E-state index contributed by atoms with van der Waals surface area (Å²) < 4.78 is 35.0. The van der Waals surface area contributed by atoms with Crippen LogP contribution in [0.2, 0.25) is 0 Å². The van der Waals surface area contributed by atoms with Crippen LogP contribution in [0.25, 0.3) is 0 Å². The molecule has 1 aliphatic heterocycles. The van der Waals surface area contributed by atoms with Gasteiger partial charge in [-0.3, -0.25) is 15.0 Å². The molecule has 0 aromatic heterocycles. The lowest BCUT2D eigenvalue weighted by Gasteiger charge is -2.40. The number of aliphatic hydroxyl groups is 1. The van der Waals surface area contributed by atoms with E-state index in [4.69, 9.17) is 4.74 Å². The van der Waals surface area contributed by atoms with E-state index >= 15 is 0 Å². The Labute approximate surface area is 173 Å². The van der Waals surface area contributed by atoms with Crippen LogP contribution < -0.4 is 5.32 Å². The molecule has 0 saturated carbocycles. The van der Waals surface area contributed by atoms with Gasteiger partial charge in [-0.1, -0.05) is 6.07 Å². The molecular formula is C21H25F2N3O4. The van der Waals surface area contributed by atoms with E-state index in [0.29, 0.717) is 18.7 Å². The van der Waals surface area contributed by atoms with E-state index in [1.54, 1.807) is 0 Å². The highest BCUT2D eigenvalue weighted by molar-refractivity contribution is 5.63. The van der Waals surface area contributed by atoms with Gasteiger partial charge in [-0.2, -0.15) is 0 Å². The molecule has 3 rings (SSSR count). The summed E-state index contributed by atoms with van der Waals surface area (Å²) in [6, 6.07) is 7.23. The van der Waals surface area contributed by atoms with Crippen LogP contribution in [0, 0.1) is 21.7 Å². The lowest BCUT2D eigenvalue weighted by Crippen LogP contribution is -2.48. The van der Waals surface area contributed by atoms with Crippen LogP contribution in [0.5, 0.6) is 0 Å². The van der Waals surface area contributed by atoms with Crippen LogP contribution in [-0.4, -0.2) is 46.8 Å². The smallest absolute Gasteiger partial charge is 0.292 e. The number of hydrogen-bond acceptors (Lipinski definition) is 6. The third-order valence-electron chi connectivity index (χ3n) is 5.15. The molecule has 30 heavy (non-hydrogen) atoms. The zero-order valence-corrected chi connectivity index (χ0v) is 16.8. The molecule has 3 unspecified atom stereocenters. The first kappa shape index (κ1) is 22.1. The van der Waals surface area contributed by atoms with Gasteiger partial charge in [-0.05, 0) is 43.7 Å². The van der Waals surface area contributed by atoms with E-state index in [1.165, 1.54) is 36.4 Å². The van der Waals surface area contributed by atoms with Gasteiger partial charge in [0.1, 0.15) is 17.3 Å². The number of nitro benzene ring substituents is 1. The molecule has 1 fully saturated rings. The van der Waals surface area contributed by atoms with Crippen molar-refractivity contribution in [1.82, 2.24) is 4.90 Å². The van der Waals surface area contributed by atoms with Gasteiger partial charge in [-0.15, -0.1) is 0 Å². The summed E-state index contributed by atoms with van der Waals surface area (Å²) in [6.07, 6.45) is -0.253. The molecule has 7 nitrogen and oxygen atoms in total. The number of morpholine rings is 1. The Morgan fingerprint density at radius 1 is 1.23 bits per heavy atom. The predicted octanol–water partition coefficient (Wildman–Crippen LogP) is 3.63. The van der Waals surface area contributed by atoms with Crippen molar-refractivity contribution in [2.45, 2.75) is 38.7 Å². The topological polar surface area (TPSA) is 87.9 Å². The first-order chi connectivity index (χ1) is 14.3. The van der Waals surface area contributed by atoms with Gasteiger partial charge in [0, 0.05) is 31.3 Å². The zero-order chi connectivity index (χ0) is 21.8. The van der Waals surface area contributed by atoms with Gasteiger partial charge in [0.25, 0.3) is 5.69 Å². The number of halogens is 2. The van der Waals surface area contributed by atoms with Crippen molar-refractivity contribution in [3.8, 4) is 0 Å². The molecule has 2 aromatic rings. The Morgan fingerprint density at radius 2 is 1.87 bits per heavy atom. The van der Waals surface area contributed by atoms with E-state index in [0.717, 1.165) is 0 Å². The number of anilines is 1. The second kappa shape index (κ2) is 9.46. The average Bonchev–Trinajstić information content (AvgIpc) is 2.69. The van der Waals surface area contributed by atoms with Crippen molar-refractivity contribution in [2.24, 2.45) is 0 Å². The maximum absolute atomic E-state index is 14.6. The van der Waals surface area contributed by atoms with Crippen LogP contribution in [0.1, 0.15) is 31.0 Å². The molecule has 0 radical (unpaired) electrons. The molecule has 1 heterocycles. The summed E-state index contributed by atoms with van der Waals surface area (Å²) in [5, 5.41) is 23.7. The molecule has 0 amide bonds. The Balaban J connectivity index is 1.95. The maximum atomic E-state index is 14.6. The van der Waals surface area contributed by atoms with E-state index in [1.807, 2.05) is 18.7 Å². The largest absolute Gasteiger partial charge is 0.392 e. The van der Waals surface area contributed by atoms with E-state index in [9.17, 15) is 24.0 Å². The Morgan fingerprint density at radius 3 is 2.43 bits per heavy atom. The van der Waals surface area contributed by atoms with Crippen LogP contribution in [0.15, 0.2) is 36.4 Å². The van der Waals surface area contributed by atoms with Crippen LogP contribution >= 0.6 is 0 Å². The van der Waals surface area contributed by atoms with Crippen LogP contribution in [0.3, 0.4) is 0 Å². The SMILES string of the molecule is CC1CN(C(CNc2cc(CO)ccc2[N+](=O)[O-])c2c(F)cccc2F)CC(C)O1. The maximum Gasteiger partial charge on any atom is 0.292 e. The number of rotatable bonds is 7. The molecule has 2 N–H and O–H groups in total. The van der Waals surface area contributed by atoms with Gasteiger partial charge in [0.2, 0.25) is 0 Å². The standard InChI is InChI=1S/C21H25F2N3O4/c1-13-10-25(11-14(2)30-13)20(21-16(22)4-3-5-17(21)23)9-24-18-8-15(12-27)6-7-19(18)26(28)29/h3-8,13-14,20,24,27H,9-12H2,1-2H3. The van der Waals surface area contributed by atoms with E-state index in [-0.39, 0.29) is 42.3 Å². The molecule has 162 valence electrons. The molecule has 1 saturated heterocycles. The van der Waals surface area contributed by atoms with Crippen molar-refractivity contribution in [3.63, 3.8) is 0 Å². The number of hydrogen-bond donors (Lipinski definition) is 2. The lowest BCUT2D eigenvalue weighted by molar-refractivity contribution is -0.384. The summed E-state index contributed by atoms with van der Waals surface area (Å²) in [7, 11) is 0. The number of aliphatic hydroxyl groups excluding tert-OH is 1. The van der Waals surface area contributed by atoms with Crippen molar-refractivity contribution in [3.05, 3.63) is 69.3 Å². The monoisotopic (exact) mass is 421 g/mol. The molecule has 1 aliphatic rings. The molecular weight excluding hydrogens is 396 g/mol. The lowest BCUT2D eigenvalue weighted by atomic mass is 10.0. The van der Waals surface area contributed by atoms with Gasteiger partial charge in [0.15, 0.2) is 0 Å². The number of ether oxygens (including phenoxy) is 1. The minimum atomic E-state index is -0.711. The summed E-state index contributed by atoms with van der Waals surface area (Å²) >= 11 is 0. The van der Waals surface area contributed by atoms with Crippen molar-refractivity contribution in [2.75, 3.05) is 25.0 Å². The fraction of sp³-hybridized carbons (Fsp3) is 0.429. The zero-order valence-electron chi connectivity index (χ0n) is 16.8. The highest BCUT2D eigenvalue weighted by atomic mass is 19.1. The highest BCUT2D eigenvalue weighted by Crippen LogP contribution is 2.31. The molecule has 9 heteroatoms. The van der Waals surface area contributed by atoms with E-state index < -0.39 is 22.6 Å². The minimum Gasteiger partial charge on any atom is -0.392 e. The molecule has 3 atom stereocenters. The van der Waals surface area contributed by atoms with Crippen molar-refractivity contribution in [1.29, 1.82) is 0 Å². The number of benzene rings is 2. The Bertz CT molecular complexity index is 882.